The van der Waals surface area contributed by atoms with Crippen LogP contribution in [0.5, 0.6) is 0 Å². The third-order valence-corrected chi connectivity index (χ3v) is 9.80. The second-order valence-corrected chi connectivity index (χ2v) is 13.0. The Morgan fingerprint density at radius 3 is 1.78 bits per heavy atom. The molecule has 0 saturated heterocycles. The van der Waals surface area contributed by atoms with E-state index in [1.54, 1.807) is 0 Å². The van der Waals surface area contributed by atoms with Crippen LogP contribution in [0.2, 0.25) is 0 Å². The van der Waals surface area contributed by atoms with Crippen LogP contribution in [-0.4, -0.2) is 14.1 Å². The predicted octanol–water partition coefficient (Wildman–Crippen LogP) is 12.3. The van der Waals surface area contributed by atoms with Gasteiger partial charge in [-0.25, -0.2) is 4.98 Å². The minimum atomic E-state index is 0.931. The molecule has 0 spiro atoms. The molecule has 244 valence electrons. The summed E-state index contributed by atoms with van der Waals surface area (Å²) in [5.74, 6) is 0.931. The van der Waals surface area contributed by atoms with Gasteiger partial charge in [0.25, 0.3) is 0 Å². The van der Waals surface area contributed by atoms with Gasteiger partial charge in [-0.2, -0.15) is 0 Å². The number of nitrogens with zero attached hydrogens (tertiary/aromatic N) is 4. The van der Waals surface area contributed by atoms with E-state index in [0.29, 0.717) is 0 Å². The molecule has 4 nitrogen and oxygen atoms in total. The Bertz CT molecular complexity index is 2620. The van der Waals surface area contributed by atoms with E-state index in [9.17, 15) is 0 Å². The number of hydrogen-bond acceptors (Lipinski definition) is 2. The zero-order valence-electron chi connectivity index (χ0n) is 28.6. The highest BCUT2D eigenvalue weighted by Crippen LogP contribution is 2.44. The van der Waals surface area contributed by atoms with Gasteiger partial charge in [0.2, 0.25) is 0 Å². The number of aromatic nitrogens is 3. The van der Waals surface area contributed by atoms with Crippen molar-refractivity contribution >= 4 is 38.9 Å². The topological polar surface area (TPSA) is 26.0 Å². The van der Waals surface area contributed by atoms with Gasteiger partial charge in [0.1, 0.15) is 5.82 Å². The minimum Gasteiger partial charge on any atom is -0.327 e. The van der Waals surface area contributed by atoms with Crippen molar-refractivity contribution in [3.8, 4) is 39.6 Å². The maximum atomic E-state index is 5.26. The number of anilines is 3. The van der Waals surface area contributed by atoms with Crippen molar-refractivity contribution in [3.63, 3.8) is 0 Å². The SMILES string of the molecule is Cc1ccc(N(c2ccccc2)c2cccc3c2c2ccccc2n3-c2ccc(-c3nc(-c4ccccc4)c(-c4ccccc4)n3C)cc2)cc1. The van der Waals surface area contributed by atoms with Crippen LogP contribution in [0.3, 0.4) is 0 Å². The summed E-state index contributed by atoms with van der Waals surface area (Å²) >= 11 is 0. The summed E-state index contributed by atoms with van der Waals surface area (Å²) < 4.78 is 4.61. The first-order chi connectivity index (χ1) is 25.2. The molecule has 0 aliphatic heterocycles. The summed E-state index contributed by atoms with van der Waals surface area (Å²) in [6.45, 7) is 2.13. The molecule has 0 fully saturated rings. The zero-order valence-corrected chi connectivity index (χ0v) is 28.6. The third kappa shape index (κ3) is 5.29. The van der Waals surface area contributed by atoms with E-state index < -0.39 is 0 Å². The van der Waals surface area contributed by atoms with Crippen molar-refractivity contribution in [2.75, 3.05) is 4.90 Å². The standard InChI is InChI=1S/C47H36N4/c1-33-25-29-38(30-26-33)50(37-19-10-5-11-20-37)42-23-14-24-43-44(42)40-21-12-13-22-41(40)51(43)39-31-27-36(28-32-39)47-48-45(34-15-6-3-7-16-34)46(49(47)2)35-17-8-4-9-18-35/h3-32H,1-2H3. The average molecular weight is 657 g/mol. The fraction of sp³-hybridized carbons (Fsp3) is 0.0426. The number of aryl methyl sites for hydroxylation is 1. The van der Waals surface area contributed by atoms with Gasteiger partial charge in [0.15, 0.2) is 0 Å². The summed E-state index contributed by atoms with van der Waals surface area (Å²) in [5, 5.41) is 2.43. The lowest BCUT2D eigenvalue weighted by atomic mass is 10.1. The van der Waals surface area contributed by atoms with Gasteiger partial charge < -0.3 is 14.0 Å². The monoisotopic (exact) mass is 656 g/mol. The lowest BCUT2D eigenvalue weighted by molar-refractivity contribution is 0.933. The molecule has 0 unspecified atom stereocenters. The Morgan fingerprint density at radius 2 is 1.08 bits per heavy atom. The molecule has 51 heavy (non-hydrogen) atoms. The summed E-state index contributed by atoms with van der Waals surface area (Å²) in [6, 6.07) is 64.7. The number of imidazole rings is 1. The number of rotatable bonds is 7. The number of hydrogen-bond donors (Lipinski definition) is 0. The van der Waals surface area contributed by atoms with Crippen LogP contribution in [0, 0.1) is 6.92 Å². The van der Waals surface area contributed by atoms with Crippen molar-refractivity contribution in [3.05, 3.63) is 188 Å². The maximum Gasteiger partial charge on any atom is 0.140 e. The quantitative estimate of drug-likeness (QED) is 0.171. The molecule has 0 amide bonds. The minimum absolute atomic E-state index is 0.931. The normalized spacial score (nSPS) is 11.3. The van der Waals surface area contributed by atoms with E-state index in [4.69, 9.17) is 4.98 Å². The summed E-state index contributed by atoms with van der Waals surface area (Å²) in [6.07, 6.45) is 0. The summed E-state index contributed by atoms with van der Waals surface area (Å²) in [5.41, 5.74) is 13.4. The van der Waals surface area contributed by atoms with Gasteiger partial charge in [0, 0.05) is 51.6 Å². The molecule has 4 heteroatoms. The van der Waals surface area contributed by atoms with Gasteiger partial charge >= 0.3 is 0 Å². The molecule has 9 rings (SSSR count). The molecule has 0 N–H and O–H groups in total. The van der Waals surface area contributed by atoms with Crippen LogP contribution < -0.4 is 4.90 Å². The van der Waals surface area contributed by atoms with Gasteiger partial charge in [0.05, 0.1) is 28.1 Å². The van der Waals surface area contributed by atoms with Gasteiger partial charge in [-0.3, -0.25) is 0 Å². The molecule has 0 saturated carbocycles. The molecule has 7 aromatic carbocycles. The zero-order chi connectivity index (χ0) is 34.3. The Labute approximate surface area is 298 Å². The molecule has 0 atom stereocenters. The highest BCUT2D eigenvalue weighted by Gasteiger charge is 2.22. The van der Waals surface area contributed by atoms with Gasteiger partial charge in [-0.05, 0) is 73.7 Å². The lowest BCUT2D eigenvalue weighted by Gasteiger charge is -2.26. The number of benzene rings is 7. The van der Waals surface area contributed by atoms with Crippen LogP contribution in [0.4, 0.5) is 17.1 Å². The van der Waals surface area contributed by atoms with Gasteiger partial charge in [-0.15, -0.1) is 0 Å². The molecule has 2 aromatic heterocycles. The van der Waals surface area contributed by atoms with Crippen molar-refractivity contribution < 1.29 is 0 Å². The Balaban J connectivity index is 1.20. The maximum absolute atomic E-state index is 5.26. The molecule has 9 aromatic rings. The smallest absolute Gasteiger partial charge is 0.140 e. The second kappa shape index (κ2) is 12.7. The third-order valence-electron chi connectivity index (χ3n) is 9.80. The molecule has 0 aliphatic carbocycles. The predicted molar refractivity (Wildman–Crippen MR) is 213 cm³/mol. The average Bonchev–Trinajstić information content (AvgIpc) is 3.72. The molecular weight excluding hydrogens is 621 g/mol. The number of para-hydroxylation sites is 2. The molecule has 0 bridgehead atoms. The van der Waals surface area contributed by atoms with Crippen molar-refractivity contribution in [2.24, 2.45) is 7.05 Å². The fourth-order valence-corrected chi connectivity index (χ4v) is 7.40. The first-order valence-corrected chi connectivity index (χ1v) is 17.4. The summed E-state index contributed by atoms with van der Waals surface area (Å²) in [4.78, 5) is 7.64. The van der Waals surface area contributed by atoms with E-state index in [-0.39, 0.29) is 0 Å². The van der Waals surface area contributed by atoms with Crippen LogP contribution >= 0.6 is 0 Å². The lowest BCUT2D eigenvalue weighted by Crippen LogP contribution is -2.10. The number of fused-ring (bicyclic) bond motifs is 3. The Morgan fingerprint density at radius 1 is 0.490 bits per heavy atom. The van der Waals surface area contributed by atoms with Gasteiger partial charge in [-0.1, -0.05) is 121 Å². The first kappa shape index (κ1) is 30.4. The Kier molecular flexibility index (Phi) is 7.55. The molecule has 0 aliphatic rings. The summed E-state index contributed by atoms with van der Waals surface area (Å²) in [7, 11) is 2.12. The van der Waals surface area contributed by atoms with E-state index in [2.05, 4.69) is 204 Å². The van der Waals surface area contributed by atoms with Crippen LogP contribution in [0.25, 0.3) is 61.4 Å². The highest BCUT2D eigenvalue weighted by atomic mass is 15.1. The second-order valence-electron chi connectivity index (χ2n) is 13.0. The molecule has 0 radical (unpaired) electrons. The van der Waals surface area contributed by atoms with E-state index >= 15 is 0 Å². The van der Waals surface area contributed by atoms with Crippen LogP contribution in [0.1, 0.15) is 5.56 Å². The van der Waals surface area contributed by atoms with E-state index in [1.807, 2.05) is 6.07 Å². The Hall–Kier alpha value is -6.65. The van der Waals surface area contributed by atoms with Crippen molar-refractivity contribution in [1.29, 1.82) is 0 Å². The van der Waals surface area contributed by atoms with Crippen molar-refractivity contribution in [1.82, 2.24) is 14.1 Å². The van der Waals surface area contributed by atoms with E-state index in [0.717, 1.165) is 62.2 Å². The largest absolute Gasteiger partial charge is 0.327 e. The van der Waals surface area contributed by atoms with Crippen LogP contribution in [-0.2, 0) is 7.05 Å². The van der Waals surface area contributed by atoms with Crippen molar-refractivity contribution in [2.45, 2.75) is 6.92 Å². The molecule has 2 heterocycles. The van der Waals surface area contributed by atoms with Crippen LogP contribution in [0.15, 0.2) is 182 Å². The fourth-order valence-electron chi connectivity index (χ4n) is 7.40. The molecular formula is C47H36N4. The first-order valence-electron chi connectivity index (χ1n) is 17.4. The highest BCUT2D eigenvalue weighted by molar-refractivity contribution is 6.16. The van der Waals surface area contributed by atoms with E-state index in [1.165, 1.54) is 21.9 Å².